The smallest absolute Gasteiger partial charge is 0.220 e. The Labute approximate surface area is 110 Å². The van der Waals surface area contributed by atoms with Crippen LogP contribution in [0.3, 0.4) is 0 Å². The van der Waals surface area contributed by atoms with Gasteiger partial charge in [-0.2, -0.15) is 0 Å². The average molecular weight is 253 g/mol. The number of amides is 1. The molecule has 2 heterocycles. The van der Waals surface area contributed by atoms with Crippen LogP contribution in [0.25, 0.3) is 0 Å². The van der Waals surface area contributed by atoms with Gasteiger partial charge in [-0.05, 0) is 70.7 Å². The fraction of sp³-hybridized carbons (Fsp3) is 0.929. The zero-order chi connectivity index (χ0) is 12.8. The van der Waals surface area contributed by atoms with Crippen LogP contribution in [0.5, 0.6) is 0 Å². The van der Waals surface area contributed by atoms with E-state index in [1.807, 2.05) is 0 Å². The van der Waals surface area contributed by atoms with E-state index < -0.39 is 0 Å². The van der Waals surface area contributed by atoms with E-state index in [0.717, 1.165) is 32.0 Å². The summed E-state index contributed by atoms with van der Waals surface area (Å²) in [5.74, 6) is 1.67. The van der Waals surface area contributed by atoms with Gasteiger partial charge in [0.1, 0.15) is 0 Å². The Kier molecular flexibility index (Phi) is 5.45. The lowest BCUT2D eigenvalue weighted by molar-refractivity contribution is -0.121. The molecule has 2 rings (SSSR count). The van der Waals surface area contributed by atoms with E-state index in [9.17, 15) is 4.79 Å². The molecule has 0 bridgehead atoms. The van der Waals surface area contributed by atoms with Gasteiger partial charge in [0.2, 0.25) is 5.91 Å². The monoisotopic (exact) mass is 253 g/mol. The quantitative estimate of drug-likeness (QED) is 0.763. The van der Waals surface area contributed by atoms with E-state index in [1.165, 1.54) is 32.4 Å². The maximum atomic E-state index is 11.8. The molecule has 4 heteroatoms. The van der Waals surface area contributed by atoms with Gasteiger partial charge in [-0.3, -0.25) is 4.79 Å². The van der Waals surface area contributed by atoms with Crippen molar-refractivity contribution in [1.82, 2.24) is 15.5 Å². The first-order valence-corrected chi connectivity index (χ1v) is 7.40. The molecular weight excluding hydrogens is 226 g/mol. The highest BCUT2D eigenvalue weighted by atomic mass is 16.1. The molecule has 0 aromatic rings. The number of carbonyl (C=O) groups excluding carboxylic acids is 1. The SMILES string of the molecule is CN1CCC(CCC(=O)NCC2CCNC2)CC1. The molecule has 2 aliphatic heterocycles. The van der Waals surface area contributed by atoms with E-state index in [2.05, 4.69) is 22.6 Å². The number of carbonyl (C=O) groups is 1. The summed E-state index contributed by atoms with van der Waals surface area (Å²) in [5.41, 5.74) is 0. The van der Waals surface area contributed by atoms with Crippen molar-refractivity contribution in [3.8, 4) is 0 Å². The molecule has 2 aliphatic rings. The molecule has 4 nitrogen and oxygen atoms in total. The maximum absolute atomic E-state index is 11.8. The van der Waals surface area contributed by atoms with E-state index in [0.29, 0.717) is 12.3 Å². The van der Waals surface area contributed by atoms with E-state index in [-0.39, 0.29) is 5.91 Å². The minimum absolute atomic E-state index is 0.251. The zero-order valence-corrected chi connectivity index (χ0v) is 11.6. The minimum Gasteiger partial charge on any atom is -0.356 e. The normalized spacial score (nSPS) is 26.4. The first-order valence-electron chi connectivity index (χ1n) is 7.40. The molecule has 18 heavy (non-hydrogen) atoms. The van der Waals surface area contributed by atoms with Crippen molar-refractivity contribution in [1.29, 1.82) is 0 Å². The van der Waals surface area contributed by atoms with E-state index >= 15 is 0 Å². The van der Waals surface area contributed by atoms with Gasteiger partial charge in [-0.15, -0.1) is 0 Å². The molecule has 2 saturated heterocycles. The number of likely N-dealkylation sites (tertiary alicyclic amines) is 1. The summed E-state index contributed by atoms with van der Waals surface area (Å²) in [6.07, 6.45) is 5.51. The van der Waals surface area contributed by atoms with Crippen LogP contribution >= 0.6 is 0 Å². The highest BCUT2D eigenvalue weighted by Gasteiger charge is 2.18. The van der Waals surface area contributed by atoms with Crippen LogP contribution in [0, 0.1) is 11.8 Å². The summed E-state index contributed by atoms with van der Waals surface area (Å²) in [4.78, 5) is 14.1. The number of piperidine rings is 1. The van der Waals surface area contributed by atoms with Crippen LogP contribution in [-0.2, 0) is 4.79 Å². The van der Waals surface area contributed by atoms with Gasteiger partial charge in [0, 0.05) is 13.0 Å². The molecule has 1 atom stereocenters. The summed E-state index contributed by atoms with van der Waals surface area (Å²) in [7, 11) is 2.18. The number of nitrogens with one attached hydrogen (secondary N) is 2. The highest BCUT2D eigenvalue weighted by Crippen LogP contribution is 2.20. The van der Waals surface area contributed by atoms with Gasteiger partial charge in [0.05, 0.1) is 0 Å². The summed E-state index contributed by atoms with van der Waals surface area (Å²) < 4.78 is 0. The average Bonchev–Trinajstić information content (AvgIpc) is 2.89. The first kappa shape index (κ1) is 13.8. The Balaban J connectivity index is 1.54. The molecule has 0 saturated carbocycles. The van der Waals surface area contributed by atoms with Crippen molar-refractivity contribution in [3.05, 3.63) is 0 Å². The minimum atomic E-state index is 0.251. The van der Waals surface area contributed by atoms with Crippen LogP contribution < -0.4 is 10.6 Å². The molecule has 1 amide bonds. The van der Waals surface area contributed by atoms with E-state index in [4.69, 9.17) is 0 Å². The lowest BCUT2D eigenvalue weighted by Crippen LogP contribution is -2.32. The molecular formula is C14H27N3O. The lowest BCUT2D eigenvalue weighted by Gasteiger charge is -2.28. The predicted octanol–water partition coefficient (Wildman–Crippen LogP) is 0.834. The van der Waals surface area contributed by atoms with E-state index in [1.54, 1.807) is 0 Å². The Morgan fingerprint density at radius 2 is 2.06 bits per heavy atom. The fourth-order valence-electron chi connectivity index (χ4n) is 2.92. The van der Waals surface area contributed by atoms with Gasteiger partial charge in [0.15, 0.2) is 0 Å². The number of hydrogen-bond donors (Lipinski definition) is 2. The van der Waals surface area contributed by atoms with Crippen LogP contribution in [0.2, 0.25) is 0 Å². The van der Waals surface area contributed by atoms with Crippen LogP contribution in [0.15, 0.2) is 0 Å². The number of hydrogen-bond acceptors (Lipinski definition) is 3. The van der Waals surface area contributed by atoms with Crippen LogP contribution in [0.4, 0.5) is 0 Å². The second-order valence-corrected chi connectivity index (χ2v) is 5.95. The largest absolute Gasteiger partial charge is 0.356 e. The third-order valence-corrected chi connectivity index (χ3v) is 4.37. The predicted molar refractivity (Wildman–Crippen MR) is 73.4 cm³/mol. The lowest BCUT2D eigenvalue weighted by atomic mass is 9.92. The molecule has 0 radical (unpaired) electrons. The fourth-order valence-corrected chi connectivity index (χ4v) is 2.92. The summed E-state index contributed by atoms with van der Waals surface area (Å²) in [6.45, 7) is 5.42. The van der Waals surface area contributed by atoms with Crippen LogP contribution in [0.1, 0.15) is 32.1 Å². The molecule has 2 N–H and O–H groups in total. The van der Waals surface area contributed by atoms with Crippen molar-refractivity contribution in [2.75, 3.05) is 39.8 Å². The third-order valence-electron chi connectivity index (χ3n) is 4.37. The second-order valence-electron chi connectivity index (χ2n) is 5.95. The number of nitrogens with zero attached hydrogens (tertiary/aromatic N) is 1. The van der Waals surface area contributed by atoms with Gasteiger partial charge in [-0.25, -0.2) is 0 Å². The zero-order valence-electron chi connectivity index (χ0n) is 11.6. The standard InChI is InChI=1S/C14H27N3O/c1-17-8-5-12(6-9-17)2-3-14(18)16-11-13-4-7-15-10-13/h12-13,15H,2-11H2,1H3,(H,16,18). The molecule has 0 aromatic heterocycles. The molecule has 0 aliphatic carbocycles. The Hall–Kier alpha value is -0.610. The maximum Gasteiger partial charge on any atom is 0.220 e. The van der Waals surface area contributed by atoms with Crippen molar-refractivity contribution < 1.29 is 4.79 Å². The summed E-state index contributed by atoms with van der Waals surface area (Å²) in [6, 6.07) is 0. The van der Waals surface area contributed by atoms with Crippen molar-refractivity contribution in [3.63, 3.8) is 0 Å². The molecule has 0 aromatic carbocycles. The molecule has 1 unspecified atom stereocenters. The van der Waals surface area contributed by atoms with Gasteiger partial charge in [0.25, 0.3) is 0 Å². The summed E-state index contributed by atoms with van der Waals surface area (Å²) >= 11 is 0. The van der Waals surface area contributed by atoms with Crippen molar-refractivity contribution >= 4 is 5.91 Å². The van der Waals surface area contributed by atoms with Crippen molar-refractivity contribution in [2.24, 2.45) is 11.8 Å². The molecule has 2 fully saturated rings. The molecule has 0 spiro atoms. The van der Waals surface area contributed by atoms with Gasteiger partial charge < -0.3 is 15.5 Å². The topological polar surface area (TPSA) is 44.4 Å². The first-order chi connectivity index (χ1) is 8.74. The van der Waals surface area contributed by atoms with Crippen LogP contribution in [-0.4, -0.2) is 50.6 Å². The Morgan fingerprint density at radius 3 is 2.72 bits per heavy atom. The Bertz CT molecular complexity index is 256. The highest BCUT2D eigenvalue weighted by molar-refractivity contribution is 5.75. The van der Waals surface area contributed by atoms with Gasteiger partial charge in [-0.1, -0.05) is 0 Å². The summed E-state index contributed by atoms with van der Waals surface area (Å²) in [5, 5.41) is 6.41. The number of rotatable bonds is 5. The molecule has 104 valence electrons. The second kappa shape index (κ2) is 7.10. The van der Waals surface area contributed by atoms with Gasteiger partial charge >= 0.3 is 0 Å². The third kappa shape index (κ3) is 4.58. The Morgan fingerprint density at radius 1 is 1.28 bits per heavy atom. The van der Waals surface area contributed by atoms with Crippen molar-refractivity contribution in [2.45, 2.75) is 32.1 Å².